The Hall–Kier alpha value is -1.10. The van der Waals surface area contributed by atoms with Gasteiger partial charge < -0.3 is 14.5 Å². The van der Waals surface area contributed by atoms with Crippen LogP contribution in [0.1, 0.15) is 0 Å². The number of amides is 2. The van der Waals surface area contributed by atoms with Gasteiger partial charge >= 0.3 is 0 Å². The van der Waals surface area contributed by atoms with Crippen LogP contribution in [0.2, 0.25) is 0 Å². The SMILES string of the molecule is [CH2]C(=O)N1CCN(C(=O)COC)CC1. The smallest absolute Gasteiger partial charge is 0.248 e. The number of carbonyl (C=O) groups is 2. The summed E-state index contributed by atoms with van der Waals surface area (Å²) in [6.45, 7) is 5.72. The van der Waals surface area contributed by atoms with Crippen LogP contribution in [0.4, 0.5) is 0 Å². The Morgan fingerprint density at radius 1 is 1.21 bits per heavy atom. The van der Waals surface area contributed by atoms with Crippen LogP contribution in [-0.4, -0.2) is 61.5 Å². The molecule has 5 nitrogen and oxygen atoms in total. The first-order valence-electron chi connectivity index (χ1n) is 4.52. The van der Waals surface area contributed by atoms with Crippen molar-refractivity contribution < 1.29 is 14.3 Å². The van der Waals surface area contributed by atoms with Crippen molar-refractivity contribution in [3.63, 3.8) is 0 Å². The predicted octanol–water partition coefficient (Wildman–Crippen LogP) is -0.862. The van der Waals surface area contributed by atoms with Crippen LogP contribution in [0.5, 0.6) is 0 Å². The topological polar surface area (TPSA) is 49.9 Å². The second kappa shape index (κ2) is 4.95. The molecule has 0 saturated carbocycles. The van der Waals surface area contributed by atoms with Crippen molar-refractivity contribution in [1.82, 2.24) is 9.80 Å². The lowest BCUT2D eigenvalue weighted by atomic mass is 10.3. The van der Waals surface area contributed by atoms with Crippen LogP contribution in [0.3, 0.4) is 0 Å². The van der Waals surface area contributed by atoms with Crippen LogP contribution >= 0.6 is 0 Å². The molecule has 0 bridgehead atoms. The summed E-state index contributed by atoms with van der Waals surface area (Å²) in [6, 6.07) is 0. The standard InChI is InChI=1S/C9H15N2O3/c1-8(12)10-3-5-11(6-4-10)9(13)7-14-2/h1,3-7H2,2H3. The van der Waals surface area contributed by atoms with Crippen molar-refractivity contribution in [2.45, 2.75) is 0 Å². The van der Waals surface area contributed by atoms with Gasteiger partial charge in [0.2, 0.25) is 11.8 Å². The summed E-state index contributed by atoms with van der Waals surface area (Å²) < 4.78 is 4.75. The van der Waals surface area contributed by atoms with Gasteiger partial charge in [-0.1, -0.05) is 0 Å². The van der Waals surface area contributed by atoms with Gasteiger partial charge in [0.05, 0.1) is 0 Å². The summed E-state index contributed by atoms with van der Waals surface area (Å²) in [5, 5.41) is 0. The summed E-state index contributed by atoms with van der Waals surface area (Å²) in [6.07, 6.45) is 0. The number of methoxy groups -OCH3 is 1. The van der Waals surface area contributed by atoms with Crippen LogP contribution in [0, 0.1) is 6.92 Å². The van der Waals surface area contributed by atoms with Crippen molar-refractivity contribution in [3.05, 3.63) is 6.92 Å². The molecule has 14 heavy (non-hydrogen) atoms. The van der Waals surface area contributed by atoms with Crippen molar-refractivity contribution in [2.75, 3.05) is 39.9 Å². The molecule has 1 rings (SSSR count). The van der Waals surface area contributed by atoms with Gasteiger partial charge in [0.15, 0.2) is 0 Å². The van der Waals surface area contributed by atoms with Crippen molar-refractivity contribution in [3.8, 4) is 0 Å². The van der Waals surface area contributed by atoms with E-state index in [-0.39, 0.29) is 18.4 Å². The van der Waals surface area contributed by atoms with E-state index in [0.29, 0.717) is 26.2 Å². The molecule has 1 heterocycles. The Kier molecular flexibility index (Phi) is 3.88. The molecule has 1 saturated heterocycles. The lowest BCUT2D eigenvalue weighted by Crippen LogP contribution is -2.50. The van der Waals surface area contributed by atoms with Crippen LogP contribution in [0.15, 0.2) is 0 Å². The molecule has 79 valence electrons. The molecule has 0 aromatic rings. The lowest BCUT2D eigenvalue weighted by Gasteiger charge is -2.34. The fourth-order valence-electron chi connectivity index (χ4n) is 1.42. The average Bonchev–Trinajstić information content (AvgIpc) is 2.18. The molecule has 1 aliphatic heterocycles. The van der Waals surface area contributed by atoms with E-state index < -0.39 is 0 Å². The number of piperazine rings is 1. The molecule has 0 aromatic carbocycles. The first kappa shape index (κ1) is 11.0. The molecule has 0 aliphatic carbocycles. The third kappa shape index (κ3) is 2.70. The van der Waals surface area contributed by atoms with E-state index in [1.807, 2.05) is 0 Å². The number of hydrogen-bond acceptors (Lipinski definition) is 3. The van der Waals surface area contributed by atoms with Gasteiger partial charge in [-0.25, -0.2) is 0 Å². The van der Waals surface area contributed by atoms with Gasteiger partial charge in [-0.15, -0.1) is 0 Å². The Morgan fingerprint density at radius 3 is 2.14 bits per heavy atom. The molecule has 1 radical (unpaired) electrons. The van der Waals surface area contributed by atoms with Crippen LogP contribution < -0.4 is 0 Å². The highest BCUT2D eigenvalue weighted by Gasteiger charge is 2.21. The second-order valence-electron chi connectivity index (χ2n) is 3.19. The Morgan fingerprint density at radius 2 is 1.71 bits per heavy atom. The lowest BCUT2D eigenvalue weighted by molar-refractivity contribution is -0.140. The summed E-state index contributed by atoms with van der Waals surface area (Å²) in [5.41, 5.74) is 0. The van der Waals surface area contributed by atoms with Crippen LogP contribution in [-0.2, 0) is 14.3 Å². The van der Waals surface area contributed by atoms with Gasteiger partial charge in [-0.3, -0.25) is 9.59 Å². The summed E-state index contributed by atoms with van der Waals surface area (Å²) in [5.74, 6) is -0.201. The van der Waals surface area contributed by atoms with Crippen molar-refractivity contribution in [1.29, 1.82) is 0 Å². The number of rotatable bonds is 2. The van der Waals surface area contributed by atoms with E-state index in [9.17, 15) is 9.59 Å². The molecule has 1 fully saturated rings. The minimum Gasteiger partial charge on any atom is -0.375 e. The molecule has 0 unspecified atom stereocenters. The molecule has 0 aromatic heterocycles. The van der Waals surface area contributed by atoms with E-state index in [1.165, 1.54) is 7.11 Å². The maximum absolute atomic E-state index is 11.4. The van der Waals surface area contributed by atoms with E-state index in [4.69, 9.17) is 4.74 Å². The summed E-state index contributed by atoms with van der Waals surface area (Å²) in [7, 11) is 1.49. The fraction of sp³-hybridized carbons (Fsp3) is 0.667. The third-order valence-corrected chi connectivity index (χ3v) is 2.25. The number of hydrogen-bond donors (Lipinski definition) is 0. The molecule has 0 spiro atoms. The fourth-order valence-corrected chi connectivity index (χ4v) is 1.42. The normalized spacial score (nSPS) is 17.0. The van der Waals surface area contributed by atoms with Gasteiger partial charge in [0.25, 0.3) is 0 Å². The minimum atomic E-state index is -0.177. The highest BCUT2D eigenvalue weighted by atomic mass is 16.5. The van der Waals surface area contributed by atoms with Gasteiger partial charge in [0.1, 0.15) is 6.61 Å². The third-order valence-electron chi connectivity index (χ3n) is 2.25. The zero-order valence-corrected chi connectivity index (χ0v) is 8.36. The summed E-state index contributed by atoms with van der Waals surface area (Å²) >= 11 is 0. The van der Waals surface area contributed by atoms with Gasteiger partial charge in [0, 0.05) is 40.2 Å². The molecule has 2 amide bonds. The van der Waals surface area contributed by atoms with E-state index in [2.05, 4.69) is 6.92 Å². The van der Waals surface area contributed by atoms with Crippen LogP contribution in [0.25, 0.3) is 0 Å². The molecule has 0 N–H and O–H groups in total. The Bertz CT molecular complexity index is 222. The van der Waals surface area contributed by atoms with E-state index in [0.717, 1.165) is 0 Å². The van der Waals surface area contributed by atoms with Gasteiger partial charge in [-0.2, -0.15) is 0 Å². The first-order chi connectivity index (χ1) is 6.65. The molecule has 5 heteroatoms. The van der Waals surface area contributed by atoms with E-state index in [1.54, 1.807) is 9.80 Å². The molecular formula is C9H15N2O3. The monoisotopic (exact) mass is 199 g/mol. The quantitative estimate of drug-likeness (QED) is 0.581. The Labute approximate surface area is 83.6 Å². The van der Waals surface area contributed by atoms with E-state index >= 15 is 0 Å². The first-order valence-corrected chi connectivity index (χ1v) is 4.52. The number of carbonyl (C=O) groups excluding carboxylic acids is 2. The van der Waals surface area contributed by atoms with Gasteiger partial charge in [-0.05, 0) is 0 Å². The average molecular weight is 199 g/mol. The second-order valence-corrected chi connectivity index (χ2v) is 3.19. The molecular weight excluding hydrogens is 184 g/mol. The van der Waals surface area contributed by atoms with Crippen molar-refractivity contribution >= 4 is 11.8 Å². The highest BCUT2D eigenvalue weighted by molar-refractivity contribution is 5.81. The summed E-state index contributed by atoms with van der Waals surface area (Å²) in [4.78, 5) is 25.6. The number of nitrogens with zero attached hydrogens (tertiary/aromatic N) is 2. The molecule has 1 aliphatic rings. The predicted molar refractivity (Wildman–Crippen MR) is 50.4 cm³/mol. The number of ether oxygens (including phenoxy) is 1. The zero-order valence-electron chi connectivity index (χ0n) is 8.36. The largest absolute Gasteiger partial charge is 0.375 e. The Balaban J connectivity index is 2.35. The maximum Gasteiger partial charge on any atom is 0.248 e. The molecule has 0 atom stereocenters. The highest BCUT2D eigenvalue weighted by Crippen LogP contribution is 2.02. The maximum atomic E-state index is 11.4. The minimum absolute atomic E-state index is 0.0244. The zero-order chi connectivity index (χ0) is 10.6. The van der Waals surface area contributed by atoms with Crippen molar-refractivity contribution in [2.24, 2.45) is 0 Å².